The molecule has 0 N–H and O–H groups in total. The minimum Gasteiger partial charge on any atom is -0.379 e. The molecule has 3 rings (SSSR count). The summed E-state index contributed by atoms with van der Waals surface area (Å²) in [5.41, 5.74) is 2.21. The number of hydrogen-bond donors (Lipinski definition) is 0. The lowest BCUT2D eigenvalue weighted by Gasteiger charge is -2.26. The van der Waals surface area contributed by atoms with E-state index in [1.54, 1.807) is 0 Å². The minimum absolute atomic E-state index is 0.463. The lowest BCUT2D eigenvalue weighted by molar-refractivity contribution is 0.0369. The van der Waals surface area contributed by atoms with Crippen molar-refractivity contribution < 1.29 is 4.74 Å². The molecule has 1 aliphatic rings. The van der Waals surface area contributed by atoms with E-state index >= 15 is 0 Å². The Hall–Kier alpha value is -1.10. The van der Waals surface area contributed by atoms with Crippen molar-refractivity contribution in [3.05, 3.63) is 29.0 Å². The molecule has 0 spiro atoms. The van der Waals surface area contributed by atoms with Crippen LogP contribution in [0.4, 0.5) is 0 Å². The van der Waals surface area contributed by atoms with Gasteiger partial charge in [-0.3, -0.25) is 4.90 Å². The van der Waals surface area contributed by atoms with Crippen molar-refractivity contribution in [2.45, 2.75) is 39.2 Å². The third-order valence-corrected chi connectivity index (χ3v) is 4.99. The molecule has 126 valence electrons. The zero-order valence-corrected chi connectivity index (χ0v) is 14.9. The Balaban J connectivity index is 1.76. The molecule has 1 saturated heterocycles. The van der Waals surface area contributed by atoms with E-state index < -0.39 is 0 Å². The van der Waals surface area contributed by atoms with Crippen molar-refractivity contribution in [2.24, 2.45) is 0 Å². The zero-order valence-electron chi connectivity index (χ0n) is 14.1. The Labute approximate surface area is 143 Å². The second-order valence-electron chi connectivity index (χ2n) is 6.37. The Morgan fingerprint density at radius 1 is 1.26 bits per heavy atom. The molecule has 0 bridgehead atoms. The number of aromatic nitrogens is 2. The van der Waals surface area contributed by atoms with E-state index in [9.17, 15) is 0 Å². The summed E-state index contributed by atoms with van der Waals surface area (Å²) < 4.78 is 7.81. The largest absolute Gasteiger partial charge is 0.379 e. The summed E-state index contributed by atoms with van der Waals surface area (Å²) in [6, 6.07) is 6.04. The first-order chi connectivity index (χ1) is 11.2. The second kappa shape index (κ2) is 7.65. The first-order valence-corrected chi connectivity index (χ1v) is 9.02. The SMILES string of the molecule is CCC(C)c1nc2cc(Cl)ccc2n1CCCN1CCOCC1. The molecular weight excluding hydrogens is 310 g/mol. The van der Waals surface area contributed by atoms with Crippen LogP contribution in [0.2, 0.25) is 5.02 Å². The van der Waals surface area contributed by atoms with Gasteiger partial charge >= 0.3 is 0 Å². The fourth-order valence-corrected chi connectivity index (χ4v) is 3.36. The molecule has 0 saturated carbocycles. The first kappa shape index (κ1) is 16.7. The Morgan fingerprint density at radius 3 is 2.78 bits per heavy atom. The maximum atomic E-state index is 6.13. The summed E-state index contributed by atoms with van der Waals surface area (Å²) in [5, 5.41) is 0.756. The topological polar surface area (TPSA) is 30.3 Å². The number of imidazole rings is 1. The van der Waals surface area contributed by atoms with Gasteiger partial charge in [-0.15, -0.1) is 0 Å². The quantitative estimate of drug-likeness (QED) is 0.801. The van der Waals surface area contributed by atoms with Gasteiger partial charge in [0.2, 0.25) is 0 Å². The van der Waals surface area contributed by atoms with Crippen LogP contribution >= 0.6 is 11.6 Å². The highest BCUT2D eigenvalue weighted by atomic mass is 35.5. The molecule has 1 aromatic heterocycles. The smallest absolute Gasteiger partial charge is 0.112 e. The van der Waals surface area contributed by atoms with Gasteiger partial charge in [-0.25, -0.2) is 4.98 Å². The summed E-state index contributed by atoms with van der Waals surface area (Å²) in [5.74, 6) is 1.65. The lowest BCUT2D eigenvalue weighted by Crippen LogP contribution is -2.37. The van der Waals surface area contributed by atoms with Crippen LogP contribution in [0.15, 0.2) is 18.2 Å². The van der Waals surface area contributed by atoms with Gasteiger partial charge in [-0.2, -0.15) is 0 Å². The number of benzene rings is 1. The third-order valence-electron chi connectivity index (χ3n) is 4.75. The van der Waals surface area contributed by atoms with Crippen molar-refractivity contribution in [1.82, 2.24) is 14.5 Å². The summed E-state index contributed by atoms with van der Waals surface area (Å²) in [4.78, 5) is 7.34. The summed E-state index contributed by atoms with van der Waals surface area (Å²) in [6.45, 7) is 10.4. The van der Waals surface area contributed by atoms with Gasteiger partial charge in [0.25, 0.3) is 0 Å². The average Bonchev–Trinajstić information content (AvgIpc) is 2.93. The summed E-state index contributed by atoms with van der Waals surface area (Å²) in [7, 11) is 0. The maximum absolute atomic E-state index is 6.13. The predicted molar refractivity (Wildman–Crippen MR) is 95.3 cm³/mol. The van der Waals surface area contributed by atoms with Crippen LogP contribution in [0.25, 0.3) is 11.0 Å². The molecule has 5 heteroatoms. The molecule has 1 aliphatic heterocycles. The number of fused-ring (bicyclic) bond motifs is 1. The zero-order chi connectivity index (χ0) is 16.2. The van der Waals surface area contributed by atoms with Crippen LogP contribution in [-0.4, -0.2) is 47.3 Å². The van der Waals surface area contributed by atoms with Gasteiger partial charge in [0.15, 0.2) is 0 Å². The van der Waals surface area contributed by atoms with Gasteiger partial charge in [0, 0.05) is 37.1 Å². The number of morpholine rings is 1. The minimum atomic E-state index is 0.463. The fraction of sp³-hybridized carbons (Fsp3) is 0.611. The van der Waals surface area contributed by atoms with Crippen LogP contribution in [0.3, 0.4) is 0 Å². The molecule has 2 heterocycles. The Morgan fingerprint density at radius 2 is 2.04 bits per heavy atom. The van der Waals surface area contributed by atoms with E-state index in [2.05, 4.69) is 29.4 Å². The fourth-order valence-electron chi connectivity index (χ4n) is 3.19. The van der Waals surface area contributed by atoms with Crippen molar-refractivity contribution in [2.75, 3.05) is 32.8 Å². The summed E-state index contributed by atoms with van der Waals surface area (Å²) in [6.07, 6.45) is 2.23. The third kappa shape index (κ3) is 3.87. The number of ether oxygens (including phenoxy) is 1. The van der Waals surface area contributed by atoms with Crippen LogP contribution in [-0.2, 0) is 11.3 Å². The number of hydrogen-bond acceptors (Lipinski definition) is 3. The number of nitrogens with zero attached hydrogens (tertiary/aromatic N) is 3. The van der Waals surface area contributed by atoms with Crippen LogP contribution in [0.5, 0.6) is 0 Å². The average molecular weight is 336 g/mol. The van der Waals surface area contributed by atoms with E-state index in [1.165, 1.54) is 11.3 Å². The number of rotatable bonds is 6. The maximum Gasteiger partial charge on any atom is 0.112 e. The highest BCUT2D eigenvalue weighted by Crippen LogP contribution is 2.26. The second-order valence-corrected chi connectivity index (χ2v) is 6.81. The number of halogens is 1. The van der Waals surface area contributed by atoms with Crippen molar-refractivity contribution >= 4 is 22.6 Å². The van der Waals surface area contributed by atoms with Crippen LogP contribution in [0.1, 0.15) is 38.4 Å². The van der Waals surface area contributed by atoms with Gasteiger partial charge in [0.05, 0.1) is 24.2 Å². The molecule has 1 aromatic carbocycles. The lowest BCUT2D eigenvalue weighted by atomic mass is 10.1. The molecule has 1 fully saturated rings. The highest BCUT2D eigenvalue weighted by Gasteiger charge is 2.16. The molecule has 0 amide bonds. The molecular formula is C18H26ClN3O. The molecule has 23 heavy (non-hydrogen) atoms. The normalized spacial score (nSPS) is 17.7. The van der Waals surface area contributed by atoms with Crippen molar-refractivity contribution in [3.63, 3.8) is 0 Å². The van der Waals surface area contributed by atoms with E-state index in [-0.39, 0.29) is 0 Å². The molecule has 4 nitrogen and oxygen atoms in total. The standard InChI is InChI=1S/C18H26ClN3O/c1-3-14(2)18-20-16-13-15(19)5-6-17(16)22(18)8-4-7-21-9-11-23-12-10-21/h5-6,13-14H,3-4,7-12H2,1-2H3. The predicted octanol–water partition coefficient (Wildman–Crippen LogP) is 3.93. The highest BCUT2D eigenvalue weighted by molar-refractivity contribution is 6.31. The monoisotopic (exact) mass is 335 g/mol. The Bertz CT molecular complexity index is 649. The van der Waals surface area contributed by atoms with E-state index in [0.29, 0.717) is 5.92 Å². The van der Waals surface area contributed by atoms with Gasteiger partial charge in [-0.1, -0.05) is 25.4 Å². The Kier molecular flexibility index (Phi) is 5.57. The van der Waals surface area contributed by atoms with E-state index in [1.807, 2.05) is 12.1 Å². The van der Waals surface area contributed by atoms with Gasteiger partial charge in [-0.05, 0) is 31.0 Å². The van der Waals surface area contributed by atoms with E-state index in [4.69, 9.17) is 21.3 Å². The summed E-state index contributed by atoms with van der Waals surface area (Å²) >= 11 is 6.13. The molecule has 2 aromatic rings. The van der Waals surface area contributed by atoms with Crippen LogP contribution < -0.4 is 0 Å². The first-order valence-electron chi connectivity index (χ1n) is 8.65. The van der Waals surface area contributed by atoms with Crippen molar-refractivity contribution in [3.8, 4) is 0 Å². The molecule has 1 unspecified atom stereocenters. The van der Waals surface area contributed by atoms with E-state index in [0.717, 1.165) is 62.8 Å². The van der Waals surface area contributed by atoms with Crippen molar-refractivity contribution in [1.29, 1.82) is 0 Å². The number of aryl methyl sites for hydroxylation is 1. The molecule has 0 aliphatic carbocycles. The molecule has 0 radical (unpaired) electrons. The molecule has 1 atom stereocenters. The van der Waals surface area contributed by atoms with Crippen LogP contribution in [0, 0.1) is 0 Å². The van der Waals surface area contributed by atoms with Gasteiger partial charge < -0.3 is 9.30 Å². The van der Waals surface area contributed by atoms with Gasteiger partial charge in [0.1, 0.15) is 5.82 Å².